The molecule has 7 nitrogen and oxygen atoms in total. The van der Waals surface area contributed by atoms with Gasteiger partial charge in [0.25, 0.3) is 0 Å². The van der Waals surface area contributed by atoms with E-state index in [1.807, 2.05) is 0 Å². The molecule has 1 aliphatic rings. The second-order valence-corrected chi connectivity index (χ2v) is 4.63. The van der Waals surface area contributed by atoms with E-state index in [0.29, 0.717) is 13.2 Å². The molecule has 1 saturated heterocycles. The Morgan fingerprint density at radius 3 is 2.67 bits per heavy atom. The lowest BCUT2D eigenvalue weighted by Crippen LogP contribution is -2.55. The number of hydrogen-bond donors (Lipinski definition) is 3. The van der Waals surface area contributed by atoms with Crippen molar-refractivity contribution in [2.75, 3.05) is 26.3 Å². The smallest absolute Gasteiger partial charge is 0.326 e. The van der Waals surface area contributed by atoms with Gasteiger partial charge in [0.05, 0.1) is 25.9 Å². The molecular formula is C11H20N2O5. The first-order valence-corrected chi connectivity index (χ1v) is 5.96. The molecule has 0 aromatic heterocycles. The summed E-state index contributed by atoms with van der Waals surface area (Å²) >= 11 is 0. The van der Waals surface area contributed by atoms with E-state index in [-0.39, 0.29) is 19.1 Å². The van der Waals surface area contributed by atoms with Crippen LogP contribution >= 0.6 is 0 Å². The highest BCUT2D eigenvalue weighted by Crippen LogP contribution is 2.07. The molecule has 0 saturated carbocycles. The lowest BCUT2D eigenvalue weighted by molar-refractivity contribution is -0.140. The van der Waals surface area contributed by atoms with Crippen molar-refractivity contribution in [3.8, 4) is 0 Å². The number of urea groups is 1. The highest BCUT2D eigenvalue weighted by Gasteiger charge is 2.28. The molecule has 2 atom stereocenters. The number of aliphatic hydroxyl groups excluding tert-OH is 1. The number of aliphatic hydroxyl groups is 1. The number of hydrogen-bond acceptors (Lipinski definition) is 4. The summed E-state index contributed by atoms with van der Waals surface area (Å²) in [4.78, 5) is 24.3. The van der Waals surface area contributed by atoms with E-state index in [1.165, 1.54) is 4.90 Å². The molecule has 1 rings (SSSR count). The molecule has 0 spiro atoms. The standard InChI is InChI=1S/C11H20N2O5/c1-7(2)9(10(15)16)12-11(17)13-3-4-18-8(5-13)6-14/h7-9,14H,3-6H2,1-2H3,(H,12,17)(H,15,16)/t8?,9-/m1/s1. The molecule has 1 heterocycles. The summed E-state index contributed by atoms with van der Waals surface area (Å²) in [6.07, 6.45) is -0.396. The van der Waals surface area contributed by atoms with E-state index in [4.69, 9.17) is 14.9 Å². The predicted molar refractivity (Wildman–Crippen MR) is 63.2 cm³/mol. The maximum Gasteiger partial charge on any atom is 0.326 e. The fourth-order valence-corrected chi connectivity index (χ4v) is 1.75. The number of carboxylic acids is 1. The third kappa shape index (κ3) is 3.85. The van der Waals surface area contributed by atoms with Gasteiger partial charge in [-0.05, 0) is 5.92 Å². The average molecular weight is 260 g/mol. The molecule has 18 heavy (non-hydrogen) atoms. The summed E-state index contributed by atoms with van der Waals surface area (Å²) in [5, 5.41) is 20.4. The normalized spacial score (nSPS) is 21.8. The number of carbonyl (C=O) groups excluding carboxylic acids is 1. The molecule has 0 aromatic carbocycles. The zero-order valence-electron chi connectivity index (χ0n) is 10.6. The van der Waals surface area contributed by atoms with Crippen molar-refractivity contribution >= 4 is 12.0 Å². The highest BCUT2D eigenvalue weighted by atomic mass is 16.5. The SMILES string of the molecule is CC(C)[C@@H](NC(=O)N1CCOC(CO)C1)C(=O)O. The van der Waals surface area contributed by atoms with Crippen LogP contribution in [0.4, 0.5) is 4.79 Å². The van der Waals surface area contributed by atoms with E-state index in [0.717, 1.165) is 0 Å². The minimum absolute atomic E-state index is 0.156. The Kier molecular flexibility index (Phi) is 5.36. The number of morpholine rings is 1. The van der Waals surface area contributed by atoms with Crippen molar-refractivity contribution in [3.05, 3.63) is 0 Å². The Morgan fingerprint density at radius 1 is 1.50 bits per heavy atom. The van der Waals surface area contributed by atoms with Crippen LogP contribution in [0.2, 0.25) is 0 Å². The summed E-state index contributed by atoms with van der Waals surface area (Å²) in [5.41, 5.74) is 0. The lowest BCUT2D eigenvalue weighted by Gasteiger charge is -2.33. The van der Waals surface area contributed by atoms with Crippen molar-refractivity contribution in [2.45, 2.75) is 26.0 Å². The summed E-state index contributed by atoms with van der Waals surface area (Å²) < 4.78 is 5.22. The van der Waals surface area contributed by atoms with Gasteiger partial charge in [0.1, 0.15) is 6.04 Å². The van der Waals surface area contributed by atoms with Gasteiger partial charge < -0.3 is 25.2 Å². The van der Waals surface area contributed by atoms with Crippen molar-refractivity contribution < 1.29 is 24.5 Å². The van der Waals surface area contributed by atoms with E-state index in [2.05, 4.69) is 5.32 Å². The number of carboxylic acid groups (broad SMARTS) is 1. The maximum absolute atomic E-state index is 11.9. The van der Waals surface area contributed by atoms with Gasteiger partial charge in [-0.1, -0.05) is 13.8 Å². The quantitative estimate of drug-likeness (QED) is 0.633. The van der Waals surface area contributed by atoms with Crippen LogP contribution in [-0.4, -0.2) is 65.6 Å². The number of amides is 2. The van der Waals surface area contributed by atoms with Gasteiger partial charge in [-0.25, -0.2) is 9.59 Å². The minimum atomic E-state index is -1.05. The average Bonchev–Trinajstić information content (AvgIpc) is 2.34. The van der Waals surface area contributed by atoms with Gasteiger partial charge in [-0.3, -0.25) is 0 Å². The largest absolute Gasteiger partial charge is 0.480 e. The molecule has 1 aliphatic heterocycles. The second-order valence-electron chi connectivity index (χ2n) is 4.63. The number of nitrogens with zero attached hydrogens (tertiary/aromatic N) is 1. The minimum Gasteiger partial charge on any atom is -0.480 e. The van der Waals surface area contributed by atoms with Crippen LogP contribution < -0.4 is 5.32 Å². The van der Waals surface area contributed by atoms with Crippen LogP contribution in [0.5, 0.6) is 0 Å². The van der Waals surface area contributed by atoms with Gasteiger partial charge in [0.2, 0.25) is 0 Å². The Morgan fingerprint density at radius 2 is 2.17 bits per heavy atom. The topological polar surface area (TPSA) is 99.1 Å². The van der Waals surface area contributed by atoms with Crippen LogP contribution in [0.1, 0.15) is 13.8 Å². The monoisotopic (exact) mass is 260 g/mol. The molecule has 1 unspecified atom stereocenters. The molecule has 0 aliphatic carbocycles. The number of nitrogens with one attached hydrogen (secondary N) is 1. The molecule has 104 valence electrons. The molecule has 3 N–H and O–H groups in total. The van der Waals surface area contributed by atoms with Gasteiger partial charge in [0, 0.05) is 6.54 Å². The van der Waals surface area contributed by atoms with Gasteiger partial charge in [0.15, 0.2) is 0 Å². The van der Waals surface area contributed by atoms with Gasteiger partial charge >= 0.3 is 12.0 Å². The van der Waals surface area contributed by atoms with Gasteiger partial charge in [-0.15, -0.1) is 0 Å². The zero-order chi connectivity index (χ0) is 13.7. The third-order valence-electron chi connectivity index (χ3n) is 2.84. The Labute approximate surface area is 106 Å². The fourth-order valence-electron chi connectivity index (χ4n) is 1.75. The second kappa shape index (κ2) is 6.55. The Balaban J connectivity index is 2.55. The summed E-state index contributed by atoms with van der Waals surface area (Å²) in [7, 11) is 0. The van der Waals surface area contributed by atoms with E-state index < -0.39 is 24.1 Å². The molecule has 1 fully saturated rings. The molecular weight excluding hydrogens is 240 g/mol. The van der Waals surface area contributed by atoms with E-state index in [1.54, 1.807) is 13.8 Å². The number of rotatable bonds is 4. The highest BCUT2D eigenvalue weighted by molar-refractivity contribution is 5.82. The van der Waals surface area contributed by atoms with Crippen LogP contribution in [0, 0.1) is 5.92 Å². The Hall–Kier alpha value is -1.34. The van der Waals surface area contributed by atoms with Gasteiger partial charge in [-0.2, -0.15) is 0 Å². The van der Waals surface area contributed by atoms with Crippen molar-refractivity contribution in [3.63, 3.8) is 0 Å². The van der Waals surface area contributed by atoms with Crippen LogP contribution in [0.15, 0.2) is 0 Å². The molecule has 0 bridgehead atoms. The first-order chi connectivity index (χ1) is 8.45. The molecule has 0 aromatic rings. The lowest BCUT2D eigenvalue weighted by atomic mass is 10.1. The van der Waals surface area contributed by atoms with E-state index in [9.17, 15) is 9.59 Å². The molecule has 0 radical (unpaired) electrons. The molecule has 2 amide bonds. The van der Waals surface area contributed by atoms with Crippen LogP contribution in [-0.2, 0) is 9.53 Å². The van der Waals surface area contributed by atoms with E-state index >= 15 is 0 Å². The number of ether oxygens (including phenoxy) is 1. The third-order valence-corrected chi connectivity index (χ3v) is 2.84. The zero-order valence-corrected chi connectivity index (χ0v) is 10.6. The van der Waals surface area contributed by atoms with Crippen LogP contribution in [0.25, 0.3) is 0 Å². The fraction of sp³-hybridized carbons (Fsp3) is 0.818. The predicted octanol–water partition coefficient (Wildman–Crippen LogP) is -0.502. The first-order valence-electron chi connectivity index (χ1n) is 5.96. The van der Waals surface area contributed by atoms with Crippen molar-refractivity contribution in [1.82, 2.24) is 10.2 Å². The number of aliphatic carboxylic acids is 1. The first kappa shape index (κ1) is 14.7. The van der Waals surface area contributed by atoms with Crippen molar-refractivity contribution in [2.24, 2.45) is 5.92 Å². The summed E-state index contributed by atoms with van der Waals surface area (Å²) in [5.74, 6) is -1.24. The maximum atomic E-state index is 11.9. The Bertz CT molecular complexity index is 308. The summed E-state index contributed by atoms with van der Waals surface area (Å²) in [6.45, 7) is 4.32. The molecule has 7 heteroatoms. The van der Waals surface area contributed by atoms with Crippen molar-refractivity contribution in [1.29, 1.82) is 0 Å². The van der Waals surface area contributed by atoms with Crippen LogP contribution in [0.3, 0.4) is 0 Å². The number of carbonyl (C=O) groups is 2. The summed E-state index contributed by atoms with van der Waals surface area (Å²) in [6, 6.07) is -1.34.